The molecule has 3 saturated heterocycles. The summed E-state index contributed by atoms with van der Waals surface area (Å²) in [6.07, 6.45) is 1.58. The van der Waals surface area contributed by atoms with Crippen molar-refractivity contribution in [2.75, 3.05) is 13.2 Å². The number of cyclic esters (lactones) is 1. The van der Waals surface area contributed by atoms with E-state index in [1.54, 1.807) is 6.07 Å². The first-order valence-corrected chi connectivity index (χ1v) is 18.1. The minimum Gasteiger partial charge on any atom is -0.458 e. The third-order valence-electron chi connectivity index (χ3n) is 12.2. The molecule has 4 aliphatic heterocycles. The molecule has 2 saturated carbocycles. The first-order chi connectivity index (χ1) is 22.9. The highest BCUT2D eigenvalue weighted by molar-refractivity contribution is 7.91. The third-order valence-corrected chi connectivity index (χ3v) is 13.9. The Morgan fingerprint density at radius 1 is 1.15 bits per heavy atom. The number of nitrogens with zero attached hydrogens (tertiary/aromatic N) is 2. The van der Waals surface area contributed by atoms with E-state index in [-0.39, 0.29) is 64.4 Å². The van der Waals surface area contributed by atoms with E-state index in [0.717, 1.165) is 17.6 Å². The number of unbranched alkanes of at least 4 members (excludes halogenated alkanes) is 1. The monoisotopic (exact) mass is 684 g/mol. The molecule has 1 aromatic heterocycles. The number of esters is 2. The van der Waals surface area contributed by atoms with Crippen LogP contribution in [0.2, 0.25) is 0 Å². The Balaban J connectivity index is 0.888. The highest BCUT2D eigenvalue weighted by Gasteiger charge is 3.01. The number of epoxide rings is 3. The Labute approximate surface area is 276 Å². The van der Waals surface area contributed by atoms with E-state index in [1.807, 2.05) is 0 Å². The zero-order chi connectivity index (χ0) is 33.4. The highest BCUT2D eigenvalue weighted by atomic mass is 32.2. The molecule has 2 aromatic rings. The second kappa shape index (κ2) is 9.79. The Morgan fingerprint density at radius 3 is 2.71 bits per heavy atom. The van der Waals surface area contributed by atoms with Gasteiger partial charge in [-0.05, 0) is 66.5 Å². The van der Waals surface area contributed by atoms with E-state index in [9.17, 15) is 23.2 Å². The summed E-state index contributed by atoms with van der Waals surface area (Å²) in [4.78, 5) is 25.6. The lowest BCUT2D eigenvalue weighted by molar-refractivity contribution is -0.832. The largest absolute Gasteiger partial charge is 0.458 e. The fourth-order valence-electron chi connectivity index (χ4n) is 9.81. The average Bonchev–Trinajstić information content (AvgIpc) is 3.99. The Hall–Kier alpha value is -3.53. The molecule has 15 heteroatoms. The number of hydrogen-bond donors (Lipinski definition) is 0. The standard InChI is InChI=1S/C33H36N2O12S/c1-17(2)31-24(45-31)25-33(46-25)30(3)13-12-19-20(16-42-28(19)37)21(30)15-22-32(33,44-22)29(31)43-23(36)11-7-8-14-41-26-27(35(38)47-34-26)48(39,40)18-9-5-4-6-10-18/h4-6,9-10,17,21-22,24-25,29H,7-8,11-16H2,1-3H3/t21-,22-,24-,25-,29+,30-,31-,32+,33+/m0/s1. The third kappa shape index (κ3) is 3.65. The maximum absolute atomic E-state index is 13.5. The topological polar surface area (TPSA) is 187 Å². The lowest BCUT2D eigenvalue weighted by Crippen LogP contribution is -2.70. The first kappa shape index (κ1) is 30.5. The molecule has 9 atom stereocenters. The van der Waals surface area contributed by atoms with E-state index >= 15 is 0 Å². The predicted octanol–water partition coefficient (Wildman–Crippen LogP) is 2.36. The zero-order valence-corrected chi connectivity index (χ0v) is 27.5. The second-order valence-corrected chi connectivity index (χ2v) is 16.4. The van der Waals surface area contributed by atoms with Gasteiger partial charge in [-0.25, -0.2) is 13.2 Å². The molecule has 1 aromatic carbocycles. The fraction of sp³-hybridized carbons (Fsp3) is 0.636. The van der Waals surface area contributed by atoms with E-state index in [2.05, 4.69) is 30.6 Å². The van der Waals surface area contributed by atoms with Crippen LogP contribution in [0.4, 0.5) is 0 Å². The summed E-state index contributed by atoms with van der Waals surface area (Å²) < 4.78 is 67.8. The first-order valence-electron chi connectivity index (χ1n) is 16.6. The van der Waals surface area contributed by atoms with Crippen molar-refractivity contribution in [3.05, 3.63) is 46.7 Å². The number of sulfone groups is 1. The molecule has 3 aliphatic carbocycles. The van der Waals surface area contributed by atoms with Crippen molar-refractivity contribution in [1.82, 2.24) is 5.16 Å². The molecule has 7 aliphatic rings. The van der Waals surface area contributed by atoms with Crippen LogP contribution in [0.1, 0.15) is 59.3 Å². The molecule has 0 radical (unpaired) electrons. The Bertz CT molecular complexity index is 1880. The van der Waals surface area contributed by atoms with Gasteiger partial charge >= 0.3 is 22.8 Å². The van der Waals surface area contributed by atoms with E-state index < -0.39 is 49.6 Å². The predicted molar refractivity (Wildman–Crippen MR) is 158 cm³/mol. The normalized spacial score (nSPS) is 39.7. The summed E-state index contributed by atoms with van der Waals surface area (Å²) in [6.45, 7) is 6.66. The molecule has 5 heterocycles. The summed E-state index contributed by atoms with van der Waals surface area (Å²) in [5.74, 6) is -0.963. The van der Waals surface area contributed by atoms with Gasteiger partial charge in [-0.1, -0.05) is 39.0 Å². The van der Waals surface area contributed by atoms with Crippen LogP contribution in [-0.2, 0) is 43.1 Å². The summed E-state index contributed by atoms with van der Waals surface area (Å²) in [6, 6.07) is 7.44. The number of ether oxygens (including phenoxy) is 6. The number of aromatic nitrogens is 2. The van der Waals surface area contributed by atoms with Gasteiger partial charge in [0.2, 0.25) is 0 Å². The van der Waals surface area contributed by atoms with E-state index in [0.29, 0.717) is 32.3 Å². The Morgan fingerprint density at radius 2 is 1.94 bits per heavy atom. The van der Waals surface area contributed by atoms with Gasteiger partial charge in [-0.2, -0.15) is 0 Å². The summed E-state index contributed by atoms with van der Waals surface area (Å²) in [5.41, 5.74) is -0.717. The SMILES string of the molecule is CC(C)[C@]12O[C@H]1[C@@H]1O[C@]13[C@]1(O[C@H]1C[C@H]1C4=C(CC[C@@]13C)C(=O)OC4)[C@@H]2OC(=O)CCCCOc1no[n+]([O-])c1S(=O)(=O)c1ccccc1. The van der Waals surface area contributed by atoms with Gasteiger partial charge in [0.15, 0.2) is 11.7 Å². The molecule has 0 amide bonds. The van der Waals surface area contributed by atoms with Crippen LogP contribution >= 0.6 is 0 Å². The molecule has 9 rings (SSSR count). The van der Waals surface area contributed by atoms with Crippen molar-refractivity contribution in [2.24, 2.45) is 17.3 Å². The molecule has 48 heavy (non-hydrogen) atoms. The molecule has 5 fully saturated rings. The molecule has 2 spiro atoms. The maximum Gasteiger partial charge on any atom is 0.414 e. The van der Waals surface area contributed by atoms with Gasteiger partial charge in [0, 0.05) is 17.4 Å². The van der Waals surface area contributed by atoms with Crippen LogP contribution in [0.5, 0.6) is 5.88 Å². The van der Waals surface area contributed by atoms with Gasteiger partial charge in [-0.15, -0.1) is 0 Å². The lowest BCUT2D eigenvalue weighted by atomic mass is 9.46. The second-order valence-electron chi connectivity index (χ2n) is 14.5. The summed E-state index contributed by atoms with van der Waals surface area (Å²) >= 11 is 0. The minimum absolute atomic E-state index is 0.0147. The molecule has 14 nitrogen and oxygen atoms in total. The number of hydrogen-bond acceptors (Lipinski definition) is 13. The van der Waals surface area contributed by atoms with Gasteiger partial charge in [0.25, 0.3) is 9.84 Å². The van der Waals surface area contributed by atoms with Crippen molar-refractivity contribution in [3.63, 3.8) is 0 Å². The molecular weight excluding hydrogens is 648 g/mol. The van der Waals surface area contributed by atoms with Crippen LogP contribution in [0.15, 0.2) is 56.0 Å². The van der Waals surface area contributed by atoms with Crippen molar-refractivity contribution < 1.29 is 56.0 Å². The van der Waals surface area contributed by atoms with Crippen LogP contribution < -0.4 is 9.64 Å². The Kier molecular flexibility index (Phi) is 6.23. The van der Waals surface area contributed by atoms with Crippen molar-refractivity contribution in [3.8, 4) is 5.88 Å². The quantitative estimate of drug-likeness (QED) is 0.154. The van der Waals surface area contributed by atoms with Crippen molar-refractivity contribution in [2.45, 2.75) is 110 Å². The van der Waals surface area contributed by atoms with Gasteiger partial charge < -0.3 is 33.6 Å². The molecule has 0 N–H and O–H groups in total. The number of rotatable bonds is 10. The van der Waals surface area contributed by atoms with Crippen LogP contribution in [-0.4, -0.2) is 79.9 Å². The summed E-state index contributed by atoms with van der Waals surface area (Å²) in [5, 5.41) is 14.9. The number of benzene rings is 1. The minimum atomic E-state index is -4.24. The molecular formula is C33H36N2O12S. The molecule has 256 valence electrons. The molecule has 0 unspecified atom stereocenters. The lowest BCUT2D eigenvalue weighted by Gasteiger charge is -2.53. The number of carbonyl (C=O) groups excluding carboxylic acids is 2. The van der Waals surface area contributed by atoms with Crippen molar-refractivity contribution >= 4 is 21.8 Å². The van der Waals surface area contributed by atoms with Gasteiger partial charge in [0.05, 0.1) is 22.8 Å². The average molecular weight is 685 g/mol. The van der Waals surface area contributed by atoms with E-state index in [4.69, 9.17) is 28.4 Å². The number of fused-ring (bicyclic) bond motifs is 4. The smallest absolute Gasteiger partial charge is 0.414 e. The maximum atomic E-state index is 13.5. The fourth-order valence-corrected chi connectivity index (χ4v) is 11.1. The van der Waals surface area contributed by atoms with Crippen molar-refractivity contribution in [1.29, 1.82) is 0 Å². The van der Waals surface area contributed by atoms with Crippen LogP contribution in [0.25, 0.3) is 0 Å². The van der Waals surface area contributed by atoms with Gasteiger partial charge in [0.1, 0.15) is 30.0 Å². The van der Waals surface area contributed by atoms with Crippen LogP contribution in [0, 0.1) is 22.5 Å². The number of carbonyl (C=O) groups is 2. The van der Waals surface area contributed by atoms with Gasteiger partial charge in [-0.3, -0.25) is 9.42 Å². The van der Waals surface area contributed by atoms with E-state index in [1.165, 1.54) is 24.3 Å². The zero-order valence-electron chi connectivity index (χ0n) is 26.7. The highest BCUT2D eigenvalue weighted by Crippen LogP contribution is 2.83. The molecule has 0 bridgehead atoms. The van der Waals surface area contributed by atoms with Crippen LogP contribution in [0.3, 0.4) is 0 Å². The summed E-state index contributed by atoms with van der Waals surface area (Å²) in [7, 11) is -4.24.